The van der Waals surface area contributed by atoms with E-state index in [4.69, 9.17) is 0 Å². The molecule has 0 aliphatic carbocycles. The van der Waals surface area contributed by atoms with Gasteiger partial charge in [0.05, 0.1) is 0 Å². The maximum absolute atomic E-state index is 3.39. The molecule has 2 heteroatoms. The first kappa shape index (κ1) is 9.56. The summed E-state index contributed by atoms with van der Waals surface area (Å²) in [6.45, 7) is 2.50. The third-order valence-electron chi connectivity index (χ3n) is 1.71. The van der Waals surface area contributed by atoms with Crippen LogP contribution in [0.2, 0.25) is 0 Å². The molecule has 50 valence electrons. The van der Waals surface area contributed by atoms with Gasteiger partial charge in [-0.3, -0.25) is 0 Å². The van der Waals surface area contributed by atoms with Crippen LogP contribution in [0.15, 0.2) is 0 Å². The Hall–Kier alpha value is 0.557. The van der Waals surface area contributed by atoms with E-state index in [1.807, 2.05) is 0 Å². The fourth-order valence-electron chi connectivity index (χ4n) is 1.16. The molecule has 0 aromatic heterocycles. The van der Waals surface area contributed by atoms with Crippen LogP contribution < -0.4 is 24.2 Å². The fourth-order valence-corrected chi connectivity index (χ4v) is 1.16. The van der Waals surface area contributed by atoms with Gasteiger partial charge in [0.15, 0.2) is 0 Å². The number of nitrogens with one attached hydrogen (secondary N) is 1. The van der Waals surface area contributed by atoms with Gasteiger partial charge in [0.25, 0.3) is 0 Å². The van der Waals surface area contributed by atoms with Crippen molar-refractivity contribution >= 4 is 0 Å². The summed E-state index contributed by atoms with van der Waals surface area (Å²) in [5.74, 6) is 0. The van der Waals surface area contributed by atoms with Crippen LogP contribution >= 0.6 is 0 Å². The van der Waals surface area contributed by atoms with E-state index in [1.54, 1.807) is 0 Å². The van der Waals surface area contributed by atoms with Crippen LogP contribution in [0.4, 0.5) is 0 Å². The quantitative estimate of drug-likeness (QED) is 0.391. The van der Waals surface area contributed by atoms with E-state index >= 15 is 0 Å². The zero-order valence-electron chi connectivity index (χ0n) is 7.45. The van der Waals surface area contributed by atoms with Gasteiger partial charge in [-0.2, -0.15) is 0 Å². The van der Waals surface area contributed by atoms with Crippen molar-refractivity contribution < 1.29 is 20.3 Å². The van der Waals surface area contributed by atoms with Crippen molar-refractivity contribution in [2.75, 3.05) is 13.1 Å². The normalized spacial score (nSPS) is 21.3. The van der Waals surface area contributed by atoms with Gasteiger partial charge in [-0.1, -0.05) is 19.3 Å². The summed E-state index contributed by atoms with van der Waals surface area (Å²) in [5, 5.41) is 3.39. The Balaban J connectivity index is 0. The summed E-state index contributed by atoms with van der Waals surface area (Å²) in [5.41, 5.74) is 0. The first-order valence-electron chi connectivity index (χ1n) is 3.71. The monoisotopic (exact) mass is 121 g/mol. The topological polar surface area (TPSA) is 12.0 Å². The molecule has 1 nitrogen and oxygen atoms in total. The van der Waals surface area contributed by atoms with E-state index in [2.05, 4.69) is 5.32 Å². The van der Waals surface area contributed by atoms with Crippen LogP contribution in [0.1, 0.15) is 33.5 Å². The van der Waals surface area contributed by atoms with Gasteiger partial charge in [-0.25, -0.2) is 0 Å². The van der Waals surface area contributed by atoms with Crippen molar-refractivity contribution in [1.82, 2.24) is 5.32 Å². The second-order valence-electron chi connectivity index (χ2n) is 2.52. The summed E-state index contributed by atoms with van der Waals surface area (Å²) in [6, 6.07) is 0. The van der Waals surface area contributed by atoms with Gasteiger partial charge in [0.2, 0.25) is 0 Å². The second kappa shape index (κ2) is 6.67. The summed E-state index contributed by atoms with van der Waals surface area (Å²) >= 11 is 0. The molecule has 0 bridgehead atoms. The Bertz CT molecular complexity index is 37.6. The van der Waals surface area contributed by atoms with Crippen molar-refractivity contribution in [3.8, 4) is 0 Å². The molecule has 0 unspecified atom stereocenters. The van der Waals surface area contributed by atoms with E-state index in [9.17, 15) is 0 Å². The minimum absolute atomic E-state index is 0. The van der Waals surface area contributed by atoms with E-state index in [1.165, 1.54) is 45.2 Å². The van der Waals surface area contributed by atoms with E-state index < -0.39 is 0 Å². The maximum Gasteiger partial charge on any atom is 1.00 e. The molecule has 1 aliphatic rings. The zero-order valence-corrected chi connectivity index (χ0v) is 6.45. The van der Waals surface area contributed by atoms with Gasteiger partial charge in [0.1, 0.15) is 0 Å². The largest absolute Gasteiger partial charge is 1.00 e. The van der Waals surface area contributed by atoms with Crippen LogP contribution in [-0.4, -0.2) is 13.1 Å². The van der Waals surface area contributed by atoms with Gasteiger partial charge < -0.3 is 6.74 Å². The molecule has 1 saturated heterocycles. The minimum Gasteiger partial charge on any atom is -1.00 e. The molecule has 0 spiro atoms. The van der Waals surface area contributed by atoms with Crippen molar-refractivity contribution in [3.05, 3.63) is 0 Å². The smallest absolute Gasteiger partial charge is 1.00 e. The molecule has 1 heterocycles. The summed E-state index contributed by atoms with van der Waals surface area (Å²) < 4.78 is 0. The molecule has 1 fully saturated rings. The Labute approximate surface area is 71.3 Å². The minimum atomic E-state index is 0. The Morgan fingerprint density at radius 1 is 0.778 bits per heavy atom. The Morgan fingerprint density at radius 3 is 1.78 bits per heavy atom. The molecule has 0 aromatic rings. The molecule has 0 aromatic carbocycles. The average molecular weight is 121 g/mol. The van der Waals surface area contributed by atoms with Gasteiger partial charge in [-0.05, 0) is 25.9 Å². The number of hydrogen-bond donors (Lipinski definition) is 1. The summed E-state index contributed by atoms with van der Waals surface area (Å²) in [7, 11) is 0. The molecular weight excluding hydrogens is 105 g/mol. The van der Waals surface area contributed by atoms with Crippen molar-refractivity contribution in [3.63, 3.8) is 0 Å². The first-order valence-corrected chi connectivity index (χ1v) is 3.71. The summed E-state index contributed by atoms with van der Waals surface area (Å²) in [4.78, 5) is 0. The van der Waals surface area contributed by atoms with Crippen LogP contribution in [0, 0.1) is 0 Å². The van der Waals surface area contributed by atoms with Crippen LogP contribution in [0.3, 0.4) is 0 Å². The van der Waals surface area contributed by atoms with E-state index in [0.29, 0.717) is 0 Å². The molecule has 1 rings (SSSR count). The molecule has 1 aliphatic heterocycles. The maximum atomic E-state index is 3.39. The van der Waals surface area contributed by atoms with Gasteiger partial charge >= 0.3 is 18.9 Å². The molecule has 0 atom stereocenters. The van der Waals surface area contributed by atoms with Crippen LogP contribution in [0.5, 0.6) is 0 Å². The molecule has 0 saturated carbocycles. The van der Waals surface area contributed by atoms with Crippen LogP contribution in [-0.2, 0) is 0 Å². The molecule has 1 N–H and O–H groups in total. The number of hydrogen-bond acceptors (Lipinski definition) is 1. The predicted molar refractivity (Wildman–Crippen MR) is 37.1 cm³/mol. The first-order chi connectivity index (χ1) is 4.00. The van der Waals surface area contributed by atoms with Gasteiger partial charge in [-0.15, -0.1) is 0 Å². The molecular formula is C7H16LiN. The van der Waals surface area contributed by atoms with E-state index in [-0.39, 0.29) is 20.3 Å². The van der Waals surface area contributed by atoms with E-state index in [0.717, 1.165) is 0 Å². The van der Waals surface area contributed by atoms with Gasteiger partial charge in [0, 0.05) is 0 Å². The number of rotatable bonds is 0. The Kier molecular flexibility index (Phi) is 7.09. The molecule has 0 radical (unpaired) electrons. The van der Waals surface area contributed by atoms with Crippen molar-refractivity contribution in [2.24, 2.45) is 0 Å². The summed E-state index contributed by atoms with van der Waals surface area (Å²) in [6.07, 6.45) is 7.11. The predicted octanol–water partition coefficient (Wildman–Crippen LogP) is -1.34. The third kappa shape index (κ3) is 5.02. The standard InChI is InChI=1S/C7H15N.Li.H/c1-2-4-6-8-7-5-3-1;;/h8H,1-7H2;;/q;+1;-1. The Morgan fingerprint density at radius 2 is 1.22 bits per heavy atom. The van der Waals surface area contributed by atoms with Crippen LogP contribution in [0.25, 0.3) is 0 Å². The SMILES string of the molecule is C1CCCNCCC1.[H-].[Li+]. The fraction of sp³-hybridized carbons (Fsp3) is 1.00. The second-order valence-corrected chi connectivity index (χ2v) is 2.52. The third-order valence-corrected chi connectivity index (χ3v) is 1.71. The van der Waals surface area contributed by atoms with Crippen molar-refractivity contribution in [2.45, 2.75) is 32.1 Å². The molecule has 0 amide bonds. The molecule has 9 heavy (non-hydrogen) atoms. The zero-order chi connectivity index (χ0) is 5.66. The average Bonchev–Trinajstić information content (AvgIpc) is 1.62. The van der Waals surface area contributed by atoms with Crippen molar-refractivity contribution in [1.29, 1.82) is 0 Å².